The summed E-state index contributed by atoms with van der Waals surface area (Å²) in [4.78, 5) is 0. The van der Waals surface area contributed by atoms with Gasteiger partial charge in [0.15, 0.2) is 0 Å². The molecular formula is C86H85BF24N4Si2. The van der Waals surface area contributed by atoms with Gasteiger partial charge in [0.05, 0.1) is 50.0 Å². The van der Waals surface area contributed by atoms with E-state index < -0.39 is 195 Å². The van der Waals surface area contributed by atoms with Crippen molar-refractivity contribution in [3.8, 4) is 22.7 Å². The van der Waals surface area contributed by atoms with Crippen LogP contribution < -0.4 is 41.9 Å². The first-order valence-electron chi connectivity index (χ1n) is 37.5. The van der Waals surface area contributed by atoms with Crippen molar-refractivity contribution in [3.63, 3.8) is 0 Å². The minimum atomic E-state index is -6.13. The zero-order valence-corrected chi connectivity index (χ0v) is 68.5. The second kappa shape index (κ2) is 33.7. The highest BCUT2D eigenvalue weighted by Gasteiger charge is 2.48. The van der Waals surface area contributed by atoms with E-state index in [1.807, 2.05) is 0 Å². The van der Waals surface area contributed by atoms with Gasteiger partial charge in [0.1, 0.15) is 53.7 Å². The third-order valence-electron chi connectivity index (χ3n) is 20.8. The summed E-state index contributed by atoms with van der Waals surface area (Å²) in [7, 11) is 0.286. The molecule has 0 amide bonds. The molecule has 0 aliphatic carbocycles. The van der Waals surface area contributed by atoms with Crippen LogP contribution in [0.25, 0.3) is 22.7 Å². The highest BCUT2D eigenvalue weighted by atomic mass is 28.9. The van der Waals surface area contributed by atoms with Crippen molar-refractivity contribution in [2.45, 2.75) is 208 Å². The Bertz CT molecular complexity index is 4410. The largest absolute Gasteiger partial charge is 0.416 e. The first kappa shape index (κ1) is 91.9. The number of halogens is 24. The number of nitrogens with zero attached hydrogens (tertiary/aromatic N) is 4. The number of alkyl halides is 24. The fraction of sp³-hybridized carbons (Fsp3) is 0.372. The number of aromatic nitrogens is 4. The summed E-state index contributed by atoms with van der Waals surface area (Å²) in [6, 6.07) is 19.2. The second-order valence-electron chi connectivity index (χ2n) is 31.6. The fourth-order valence-corrected chi connectivity index (χ4v) is 19.2. The maximum Gasteiger partial charge on any atom is 0.416 e. The molecule has 10 aromatic rings. The Labute approximate surface area is 666 Å². The van der Waals surface area contributed by atoms with E-state index in [4.69, 9.17) is 0 Å². The molecule has 0 bridgehead atoms. The van der Waals surface area contributed by atoms with Gasteiger partial charge < -0.3 is 0 Å². The Morgan fingerprint density at radius 2 is 0.470 bits per heavy atom. The van der Waals surface area contributed by atoms with E-state index in [1.165, 1.54) is 78.2 Å². The SMILES string of the molecule is CC(C)c1cccc(C(C)C)c1-n1cc[n+](-c2c(C(C)C)cccc2C(C)C)c1[Si-]=[SiH]c1n(-c2c(C(C)C)cccc2C(C)C)cc[n+]1-c1c(C(C)C)cccc1C(C)C.FC(F)(F)c1cc([B-](c2cc(C(F)(F)F)cc(C(F)(F)F)c2)(c2cc(C(F)(F)F)cc(C(F)(F)F)c2)c2cc(C(F)(F)F)cc(C(F)(F)F)c2)cc(C(F)(F)F)c1. The zero-order valence-electron chi connectivity index (χ0n) is 66.3. The Hall–Kier alpha value is -9.00. The number of para-hydroxylation sites is 4. The maximum atomic E-state index is 14.2. The van der Waals surface area contributed by atoms with Gasteiger partial charge >= 0.3 is 49.4 Å². The van der Waals surface area contributed by atoms with Crippen LogP contribution in [0.3, 0.4) is 0 Å². The van der Waals surface area contributed by atoms with Crippen molar-refractivity contribution < 1.29 is 115 Å². The standard InChI is InChI=1S/C54H73N4Si2.C32H12BF24/c1-33(2)41-21-17-22-42(34(3)4)49(41)55-29-30-56(50-43(35(5)6)23-18-24-44(50)36(7)8)53(55)59-60-54-57(51-45(37(9)10)25-19-26-46(51)38(11)12)31-32-58(54)52-47(39(13)14)27-20-28-48(52)40(15)16;34-25(35,36)13-1-14(26(37,38)39)6-21(5-13)33(22-7-15(27(40,41)42)2-16(8-22)28(43,44)45,23-9-17(29(46,47)48)3-18(10-23)30(49,50)51)24-11-19(31(52,53)54)4-20(12-24)32(55,56)57/h17-40,59H,1-16H3;1-12H/q+1;-1. The van der Waals surface area contributed by atoms with Crippen LogP contribution in [0.5, 0.6) is 0 Å². The minimum Gasteiger partial charge on any atom is -0.299 e. The summed E-state index contributed by atoms with van der Waals surface area (Å²) in [5.74, 6) is 3.09. The van der Waals surface area contributed by atoms with Gasteiger partial charge in [-0.3, -0.25) is 8.61 Å². The van der Waals surface area contributed by atoms with Crippen molar-refractivity contribution in [1.29, 1.82) is 0 Å². The van der Waals surface area contributed by atoms with E-state index in [-0.39, 0.29) is 8.61 Å². The monoisotopic (exact) mass is 1700 g/mol. The second-order valence-corrected chi connectivity index (χ2v) is 34.9. The quantitative estimate of drug-likeness (QED) is 0.0463. The average Bonchev–Trinajstić information content (AvgIpc) is 1.49. The van der Waals surface area contributed by atoms with E-state index in [2.05, 4.69) is 227 Å². The van der Waals surface area contributed by atoms with Crippen molar-refractivity contribution in [2.75, 3.05) is 0 Å². The Morgan fingerprint density at radius 3 is 0.692 bits per heavy atom. The molecular weight excluding hydrogens is 1610 g/mol. The molecule has 0 unspecified atom stereocenters. The molecule has 4 nitrogen and oxygen atoms in total. The highest BCUT2D eigenvalue weighted by molar-refractivity contribution is 7.20. The summed E-state index contributed by atoms with van der Waals surface area (Å²) >= 11 is 0. The highest BCUT2D eigenvalue weighted by Crippen LogP contribution is 2.44. The molecule has 0 fully saturated rings. The summed E-state index contributed by atoms with van der Waals surface area (Å²) in [5.41, 5.74) is -10.7. The van der Waals surface area contributed by atoms with Gasteiger partial charge in [-0.25, -0.2) is 18.3 Å². The Kier molecular flexibility index (Phi) is 26.4. The third-order valence-corrected chi connectivity index (χ3v) is 24.5. The lowest BCUT2D eigenvalue weighted by molar-refractivity contribution is -0.577. The molecule has 31 heteroatoms. The van der Waals surface area contributed by atoms with E-state index >= 15 is 0 Å². The molecule has 0 radical (unpaired) electrons. The normalized spacial score (nSPS) is 13.4. The predicted octanol–water partition coefficient (Wildman–Crippen LogP) is 23.0. The number of benzene rings is 8. The zero-order chi connectivity index (χ0) is 87.7. The first-order chi connectivity index (χ1) is 53.7. The van der Waals surface area contributed by atoms with Gasteiger partial charge in [0.25, 0.3) is 0 Å². The third kappa shape index (κ3) is 19.5. The number of hydrogen-bond acceptors (Lipinski definition) is 0. The van der Waals surface area contributed by atoms with Crippen LogP contribution in [0.2, 0.25) is 0 Å². The van der Waals surface area contributed by atoms with Crippen LogP contribution in [-0.2, 0) is 49.4 Å². The van der Waals surface area contributed by atoms with Gasteiger partial charge in [0, 0.05) is 44.5 Å². The molecule has 10 rings (SSSR count). The van der Waals surface area contributed by atoms with Crippen molar-refractivity contribution in [3.05, 3.63) is 259 Å². The van der Waals surface area contributed by atoms with Gasteiger partial charge in [-0.15, -0.1) is 0 Å². The molecule has 2 heterocycles. The van der Waals surface area contributed by atoms with Gasteiger partial charge in [-0.1, -0.05) is 241 Å². The molecule has 0 N–H and O–H groups in total. The van der Waals surface area contributed by atoms with Gasteiger partial charge in [-0.2, -0.15) is 127 Å². The molecule has 628 valence electrons. The van der Waals surface area contributed by atoms with Gasteiger partial charge in [-0.05, 0) is 71.6 Å². The summed E-state index contributed by atoms with van der Waals surface area (Å²) < 4.78 is 351. The van der Waals surface area contributed by atoms with Crippen LogP contribution in [0, 0.1) is 0 Å². The predicted molar refractivity (Wildman–Crippen MR) is 410 cm³/mol. The van der Waals surface area contributed by atoms with Crippen molar-refractivity contribution in [1.82, 2.24) is 9.13 Å². The lowest BCUT2D eigenvalue weighted by atomic mass is 9.12. The van der Waals surface area contributed by atoms with Crippen molar-refractivity contribution >= 4 is 56.1 Å². The first-order valence-corrected chi connectivity index (χ1v) is 40.8. The smallest absolute Gasteiger partial charge is 0.299 e. The van der Waals surface area contributed by atoms with E-state index in [0.717, 1.165) is 0 Å². The summed E-state index contributed by atoms with van der Waals surface area (Å²) in [6.45, 7) is 37.6. The van der Waals surface area contributed by atoms with Gasteiger partial charge in [0.2, 0.25) is 5.45 Å². The molecule has 0 aliphatic heterocycles. The lowest BCUT2D eigenvalue weighted by Gasteiger charge is -2.46. The number of hydrogen-bond donors (Lipinski definition) is 0. The Morgan fingerprint density at radius 1 is 0.274 bits per heavy atom. The fourth-order valence-electron chi connectivity index (χ4n) is 15.2. The molecule has 117 heavy (non-hydrogen) atoms. The molecule has 0 aliphatic rings. The lowest BCUT2D eigenvalue weighted by Crippen LogP contribution is -2.75. The maximum absolute atomic E-state index is 14.2. The summed E-state index contributed by atoms with van der Waals surface area (Å²) in [5, 5.41) is 0. The van der Waals surface area contributed by atoms with Crippen LogP contribution >= 0.6 is 0 Å². The average molecular weight is 1700 g/mol. The van der Waals surface area contributed by atoms with E-state index in [9.17, 15) is 105 Å². The molecule has 0 saturated heterocycles. The van der Waals surface area contributed by atoms with E-state index in [0.29, 0.717) is 56.0 Å². The van der Waals surface area contributed by atoms with Crippen LogP contribution in [0.15, 0.2) is 170 Å². The topological polar surface area (TPSA) is 17.6 Å². The summed E-state index contributed by atoms with van der Waals surface area (Å²) in [6.07, 6.45) is -45.2. The molecule has 0 saturated carbocycles. The number of rotatable bonds is 18. The molecule has 2 aromatic heterocycles. The van der Waals surface area contributed by atoms with Crippen LogP contribution in [0.1, 0.15) is 247 Å². The Balaban J connectivity index is 0.000000268. The van der Waals surface area contributed by atoms with Crippen molar-refractivity contribution in [2.24, 2.45) is 0 Å². The van der Waals surface area contributed by atoms with E-state index in [1.54, 1.807) is 0 Å². The van der Waals surface area contributed by atoms with Crippen LogP contribution in [0.4, 0.5) is 105 Å². The minimum absolute atomic E-state index is 0.261. The number of imidazole rings is 2. The van der Waals surface area contributed by atoms with Crippen LogP contribution in [-0.4, -0.2) is 32.5 Å². The molecule has 8 aromatic carbocycles. The molecule has 0 spiro atoms. The molecule has 0 atom stereocenters.